The first-order valence-corrected chi connectivity index (χ1v) is 11.7. The molecule has 1 aliphatic rings. The minimum Gasteiger partial charge on any atom is -0.485 e. The second-order valence-corrected chi connectivity index (χ2v) is 9.59. The van der Waals surface area contributed by atoms with Gasteiger partial charge < -0.3 is 15.6 Å². The van der Waals surface area contributed by atoms with Gasteiger partial charge in [-0.05, 0) is 58.5 Å². The number of pyridine rings is 1. The van der Waals surface area contributed by atoms with Crippen molar-refractivity contribution in [3.05, 3.63) is 60.0 Å². The second kappa shape index (κ2) is 9.98. The number of nitrogens with two attached hydrogens (primary N) is 1. The Morgan fingerprint density at radius 1 is 1.20 bits per heavy atom. The second-order valence-electron chi connectivity index (χ2n) is 9.59. The molecule has 4 rings (SSSR count). The van der Waals surface area contributed by atoms with Gasteiger partial charge in [-0.15, -0.1) is 0 Å². The first-order valence-electron chi connectivity index (χ1n) is 12.7. The van der Waals surface area contributed by atoms with E-state index in [4.69, 9.17) is 13.2 Å². The van der Waals surface area contributed by atoms with Crippen LogP contribution in [0.3, 0.4) is 0 Å². The molecule has 0 amide bonds. The Morgan fingerprint density at radius 3 is 2.66 bits per heavy atom. The summed E-state index contributed by atoms with van der Waals surface area (Å²) in [6.45, 7) is 7.09. The maximum absolute atomic E-state index is 9.86. The zero-order valence-electron chi connectivity index (χ0n) is 22.9. The summed E-state index contributed by atoms with van der Waals surface area (Å²) in [6.07, 6.45) is 5.31. The van der Waals surface area contributed by atoms with Crippen LogP contribution in [0.15, 0.2) is 48.9 Å². The largest absolute Gasteiger partial charge is 0.485 e. The molecule has 1 saturated heterocycles. The van der Waals surface area contributed by atoms with Gasteiger partial charge in [-0.1, -0.05) is 24.0 Å². The number of anilines is 1. The van der Waals surface area contributed by atoms with E-state index >= 15 is 0 Å². The van der Waals surface area contributed by atoms with E-state index in [0.29, 0.717) is 23.2 Å². The maximum Gasteiger partial charge on any atom is 0.166 e. The van der Waals surface area contributed by atoms with Gasteiger partial charge in [0.2, 0.25) is 0 Å². The number of likely N-dealkylation sites (N-methyl/N-ethyl adjacent to an activating group) is 1. The van der Waals surface area contributed by atoms with E-state index in [-0.39, 0.29) is 17.1 Å². The third-order valence-electron chi connectivity index (χ3n) is 6.07. The molecule has 2 aromatic heterocycles. The number of aromatic nitrogens is 3. The van der Waals surface area contributed by atoms with Crippen molar-refractivity contribution in [2.45, 2.75) is 51.9 Å². The molecule has 8 heteroatoms. The van der Waals surface area contributed by atoms with Gasteiger partial charge in [0.1, 0.15) is 12.2 Å². The number of piperazine rings is 1. The first-order chi connectivity index (χ1) is 17.3. The van der Waals surface area contributed by atoms with Crippen molar-refractivity contribution in [2.24, 2.45) is 0 Å². The highest BCUT2D eigenvalue weighted by Crippen LogP contribution is 2.28. The van der Waals surface area contributed by atoms with Crippen molar-refractivity contribution in [3.63, 3.8) is 0 Å². The number of benzene rings is 1. The highest BCUT2D eigenvalue weighted by Gasteiger charge is 2.27. The molecule has 35 heavy (non-hydrogen) atoms. The molecule has 2 atom stereocenters. The maximum atomic E-state index is 9.86. The number of hydrogen-bond donors (Lipinski definition) is 2. The fraction of sp³-hybridized carbons (Fsp3) is 0.407. The molecule has 0 aliphatic carbocycles. The lowest BCUT2D eigenvalue weighted by Crippen LogP contribution is -2.58. The van der Waals surface area contributed by atoms with E-state index in [1.807, 2.05) is 11.0 Å². The molecule has 3 N–H and O–H groups in total. The quantitative estimate of drug-likeness (QED) is 0.547. The Labute approximate surface area is 210 Å². The average Bonchev–Trinajstić information content (AvgIpc) is 3.32. The van der Waals surface area contributed by atoms with Gasteiger partial charge >= 0.3 is 0 Å². The molecule has 1 aromatic carbocycles. The number of hydrogen-bond acceptors (Lipinski definition) is 7. The Balaban J connectivity index is 1.56. The topological polar surface area (TPSA) is 92.7 Å². The number of ether oxygens (including phenoxy) is 1. The van der Waals surface area contributed by atoms with E-state index in [9.17, 15) is 5.11 Å². The summed E-state index contributed by atoms with van der Waals surface area (Å²) in [6, 6.07) is 9.12. The zero-order valence-corrected chi connectivity index (χ0v) is 20.9. The van der Waals surface area contributed by atoms with Crippen LogP contribution in [0.1, 0.15) is 41.6 Å². The molecule has 1 fully saturated rings. The lowest BCUT2D eigenvalue weighted by molar-refractivity contribution is 0.143. The van der Waals surface area contributed by atoms with Crippen LogP contribution in [0.5, 0.6) is 5.75 Å². The minimum absolute atomic E-state index is 0.0831. The number of rotatable bonds is 5. The van der Waals surface area contributed by atoms with Gasteiger partial charge in [0, 0.05) is 35.0 Å². The van der Waals surface area contributed by atoms with Crippen LogP contribution >= 0.6 is 0 Å². The Hall–Kier alpha value is -3.54. The molecule has 3 aromatic rings. The molecular weight excluding hydrogens is 440 g/mol. The number of nitrogens with zero attached hydrogens (tertiary/aromatic N) is 5. The SMILES string of the molecule is [2H]C([2H])(Oc1cc(-c2cnn(N3CC(C)N(C)C(C)C3)c2)cnc1N)c1cccc(C#CC(C)(C)O)c1. The van der Waals surface area contributed by atoms with Crippen LogP contribution in [0, 0.1) is 11.8 Å². The highest BCUT2D eigenvalue weighted by molar-refractivity contribution is 5.65. The summed E-state index contributed by atoms with van der Waals surface area (Å²) in [4.78, 5) is 8.45. The summed E-state index contributed by atoms with van der Waals surface area (Å²) >= 11 is 0. The standard InChI is InChI=1S/C27H34N6O2/c1-19-15-32(16-20(2)31(19)5)33-17-24(14-30-33)23-12-25(26(28)29-13-23)35-18-22-8-6-7-21(11-22)9-10-27(3,4)34/h6-8,11-14,17,19-20,34H,15-16,18H2,1-5H3,(H2,28,29)/i18D2. The predicted molar refractivity (Wildman–Crippen MR) is 138 cm³/mol. The van der Waals surface area contributed by atoms with Crippen LogP contribution < -0.4 is 15.5 Å². The smallest absolute Gasteiger partial charge is 0.166 e. The predicted octanol–water partition coefficient (Wildman–Crippen LogP) is 2.89. The van der Waals surface area contributed by atoms with E-state index in [2.05, 4.69) is 52.7 Å². The van der Waals surface area contributed by atoms with Crippen molar-refractivity contribution < 1.29 is 12.6 Å². The van der Waals surface area contributed by atoms with Crippen molar-refractivity contribution in [2.75, 3.05) is 30.9 Å². The minimum atomic E-state index is -2.20. The molecule has 3 heterocycles. The molecule has 8 nitrogen and oxygen atoms in total. The summed E-state index contributed by atoms with van der Waals surface area (Å²) in [7, 11) is 2.14. The molecule has 0 spiro atoms. The normalized spacial score (nSPS) is 20.0. The molecule has 0 bridgehead atoms. The molecule has 184 valence electrons. The lowest BCUT2D eigenvalue weighted by Gasteiger charge is -2.42. The fourth-order valence-corrected chi connectivity index (χ4v) is 3.85. The van der Waals surface area contributed by atoms with E-state index in [1.165, 1.54) is 0 Å². The summed E-state index contributed by atoms with van der Waals surface area (Å²) in [5.41, 5.74) is 7.27. The van der Waals surface area contributed by atoms with Crippen LogP contribution in [-0.2, 0) is 6.56 Å². The van der Waals surface area contributed by atoms with Gasteiger partial charge in [-0.3, -0.25) is 9.91 Å². The van der Waals surface area contributed by atoms with Crippen LogP contribution in [0.4, 0.5) is 5.82 Å². The van der Waals surface area contributed by atoms with E-state index in [1.54, 1.807) is 56.6 Å². The lowest BCUT2D eigenvalue weighted by atomic mass is 10.1. The third-order valence-corrected chi connectivity index (χ3v) is 6.07. The molecule has 2 unspecified atom stereocenters. The average molecular weight is 477 g/mol. The van der Waals surface area contributed by atoms with Crippen LogP contribution in [0.2, 0.25) is 0 Å². The van der Waals surface area contributed by atoms with E-state index in [0.717, 1.165) is 18.7 Å². The first kappa shape index (κ1) is 22.0. The molecule has 0 radical (unpaired) electrons. The number of aliphatic hydroxyl groups is 1. The van der Waals surface area contributed by atoms with Gasteiger partial charge in [-0.2, -0.15) is 9.89 Å². The van der Waals surface area contributed by atoms with Gasteiger partial charge in [-0.25, -0.2) is 4.98 Å². The Morgan fingerprint density at radius 2 is 1.94 bits per heavy atom. The van der Waals surface area contributed by atoms with Crippen LogP contribution in [-0.4, -0.2) is 62.7 Å². The summed E-state index contributed by atoms with van der Waals surface area (Å²) in [5.74, 6) is 5.81. The highest BCUT2D eigenvalue weighted by atomic mass is 16.5. The fourth-order valence-electron chi connectivity index (χ4n) is 3.85. The van der Waals surface area contributed by atoms with Crippen molar-refractivity contribution >= 4 is 5.82 Å². The van der Waals surface area contributed by atoms with Gasteiger partial charge in [0.15, 0.2) is 11.6 Å². The van der Waals surface area contributed by atoms with Crippen molar-refractivity contribution in [1.29, 1.82) is 0 Å². The molecule has 1 aliphatic heterocycles. The molecular formula is C27H34N6O2. The summed E-state index contributed by atoms with van der Waals surface area (Å²) < 4.78 is 22.9. The zero-order chi connectivity index (χ0) is 27.0. The number of nitrogen functional groups attached to an aromatic ring is 1. The summed E-state index contributed by atoms with van der Waals surface area (Å²) in [5, 5.41) is 16.6. The van der Waals surface area contributed by atoms with Crippen molar-refractivity contribution in [3.8, 4) is 28.7 Å². The van der Waals surface area contributed by atoms with Gasteiger partial charge in [0.25, 0.3) is 0 Å². The molecule has 0 saturated carbocycles. The van der Waals surface area contributed by atoms with Gasteiger partial charge in [0.05, 0.1) is 28.2 Å². The monoisotopic (exact) mass is 476 g/mol. The third kappa shape index (κ3) is 6.13. The Bertz CT molecular complexity index is 1310. The van der Waals surface area contributed by atoms with E-state index < -0.39 is 12.2 Å². The Kier molecular flexibility index (Phi) is 6.26. The van der Waals surface area contributed by atoms with Crippen molar-refractivity contribution in [1.82, 2.24) is 19.8 Å². The van der Waals surface area contributed by atoms with Crippen LogP contribution in [0.25, 0.3) is 11.1 Å².